The number of carbonyl (C=O) groups is 4. The molecule has 2 atom stereocenters. The Kier molecular flexibility index (Phi) is 3.27. The molecule has 0 saturated carbocycles. The molecule has 2 N–H and O–H groups in total. The Hall–Kier alpha value is -1.96. The van der Waals surface area contributed by atoms with E-state index in [4.69, 9.17) is 9.84 Å². The Morgan fingerprint density at radius 3 is 2.11 bits per heavy atom. The van der Waals surface area contributed by atoms with Gasteiger partial charge in [0.25, 0.3) is 0 Å². The molecule has 0 aromatic heterocycles. The summed E-state index contributed by atoms with van der Waals surface area (Å²) in [5, 5.41) is 18.1. The average molecular weight is 271 g/mol. The van der Waals surface area contributed by atoms with E-state index in [2.05, 4.69) is 0 Å². The van der Waals surface area contributed by atoms with Crippen LogP contribution in [0.4, 0.5) is 0 Å². The van der Waals surface area contributed by atoms with Crippen LogP contribution in [-0.4, -0.2) is 57.1 Å². The Morgan fingerprint density at radius 1 is 1.26 bits per heavy atom. The summed E-state index contributed by atoms with van der Waals surface area (Å²) in [5.41, 5.74) is -1.78. The van der Waals surface area contributed by atoms with Gasteiger partial charge in [-0.15, -0.1) is 0 Å². The van der Waals surface area contributed by atoms with Crippen molar-refractivity contribution in [3.8, 4) is 0 Å². The summed E-state index contributed by atoms with van der Waals surface area (Å²) >= 11 is 0. The van der Waals surface area contributed by atoms with Gasteiger partial charge in [-0.3, -0.25) is 19.3 Å². The number of aliphatic carboxylic acids is 2. The molecule has 8 heteroatoms. The van der Waals surface area contributed by atoms with Crippen molar-refractivity contribution in [2.75, 3.05) is 6.61 Å². The van der Waals surface area contributed by atoms with Gasteiger partial charge >= 0.3 is 11.9 Å². The van der Waals surface area contributed by atoms with Crippen molar-refractivity contribution in [3.63, 3.8) is 0 Å². The predicted octanol–water partition coefficient (Wildman–Crippen LogP) is -0.778. The molecule has 2 aliphatic rings. The molecule has 0 aromatic carbocycles. The quantitative estimate of drug-likeness (QED) is 0.629. The molecule has 2 heterocycles. The molecule has 0 radical (unpaired) electrons. The third-order valence-electron chi connectivity index (χ3n) is 3.50. The van der Waals surface area contributed by atoms with Gasteiger partial charge in [-0.2, -0.15) is 0 Å². The van der Waals surface area contributed by atoms with Gasteiger partial charge in [0.05, 0.1) is 19.1 Å². The number of likely N-dealkylation sites (tertiary alicyclic amines) is 1. The summed E-state index contributed by atoms with van der Waals surface area (Å²) in [5.74, 6) is -3.73. The van der Waals surface area contributed by atoms with Gasteiger partial charge in [-0.05, 0) is 0 Å². The first-order chi connectivity index (χ1) is 8.88. The predicted molar refractivity (Wildman–Crippen MR) is 58.1 cm³/mol. The van der Waals surface area contributed by atoms with Crippen molar-refractivity contribution in [3.05, 3.63) is 0 Å². The zero-order valence-corrected chi connectivity index (χ0v) is 10.00. The molecular weight excluding hydrogens is 258 g/mol. The van der Waals surface area contributed by atoms with E-state index in [0.717, 1.165) is 4.90 Å². The van der Waals surface area contributed by atoms with E-state index < -0.39 is 41.8 Å². The second-order valence-corrected chi connectivity index (χ2v) is 4.56. The number of nitrogens with zero attached hydrogens (tertiary/aromatic N) is 1. The molecule has 0 aromatic rings. The van der Waals surface area contributed by atoms with Crippen LogP contribution in [0.3, 0.4) is 0 Å². The Balaban J connectivity index is 2.35. The Morgan fingerprint density at radius 2 is 1.79 bits per heavy atom. The summed E-state index contributed by atoms with van der Waals surface area (Å²) in [4.78, 5) is 46.3. The van der Waals surface area contributed by atoms with Crippen LogP contribution in [0, 0.1) is 0 Å². The fourth-order valence-corrected chi connectivity index (χ4v) is 2.47. The monoisotopic (exact) mass is 271 g/mol. The molecule has 2 amide bonds. The molecule has 2 saturated heterocycles. The number of hydrogen-bond acceptors (Lipinski definition) is 5. The zero-order valence-electron chi connectivity index (χ0n) is 10.00. The minimum Gasteiger partial charge on any atom is -0.481 e. The van der Waals surface area contributed by atoms with E-state index in [1.807, 2.05) is 0 Å². The van der Waals surface area contributed by atoms with E-state index in [0.29, 0.717) is 0 Å². The number of rotatable bonds is 5. The standard InChI is InChI=1S/C11H13NO7/c13-7-1-2-8(14)12(7)6(5-9(15)16)11(10(17)18)3-4-19-11/h6H,1-5H2,(H,15,16)(H,17,18). The Labute approximate surface area is 107 Å². The minimum atomic E-state index is -1.78. The van der Waals surface area contributed by atoms with Gasteiger partial charge in [0.1, 0.15) is 0 Å². The fourth-order valence-electron chi connectivity index (χ4n) is 2.47. The summed E-state index contributed by atoms with van der Waals surface area (Å²) in [7, 11) is 0. The highest BCUT2D eigenvalue weighted by atomic mass is 16.6. The molecular formula is C11H13NO7. The van der Waals surface area contributed by atoms with Gasteiger partial charge in [0, 0.05) is 19.3 Å². The largest absolute Gasteiger partial charge is 0.481 e. The lowest BCUT2D eigenvalue weighted by molar-refractivity contribution is -0.213. The topological polar surface area (TPSA) is 121 Å². The van der Waals surface area contributed by atoms with Gasteiger partial charge in [-0.25, -0.2) is 4.79 Å². The van der Waals surface area contributed by atoms with Crippen molar-refractivity contribution in [1.29, 1.82) is 0 Å². The van der Waals surface area contributed by atoms with E-state index in [9.17, 15) is 24.3 Å². The maximum Gasteiger partial charge on any atom is 0.338 e. The number of hydrogen-bond donors (Lipinski definition) is 2. The van der Waals surface area contributed by atoms with Gasteiger partial charge < -0.3 is 14.9 Å². The average Bonchev–Trinajstić information content (AvgIpc) is 2.54. The van der Waals surface area contributed by atoms with Crippen LogP contribution in [0.15, 0.2) is 0 Å². The summed E-state index contributed by atoms with van der Waals surface area (Å²) < 4.78 is 5.04. The van der Waals surface area contributed by atoms with E-state index in [-0.39, 0.29) is 25.9 Å². The highest BCUT2D eigenvalue weighted by Crippen LogP contribution is 2.37. The second-order valence-electron chi connectivity index (χ2n) is 4.56. The normalized spacial score (nSPS) is 28.1. The summed E-state index contributed by atoms with van der Waals surface area (Å²) in [6.07, 6.45) is -0.601. The Bertz CT molecular complexity index is 438. The SMILES string of the molecule is O=C(O)CC(N1C(=O)CCC1=O)C1(C(=O)O)CCO1. The molecule has 19 heavy (non-hydrogen) atoms. The molecule has 0 spiro atoms. The first kappa shape index (κ1) is 13.5. The van der Waals surface area contributed by atoms with E-state index in [1.54, 1.807) is 0 Å². The van der Waals surface area contributed by atoms with Crippen molar-refractivity contribution < 1.29 is 34.1 Å². The molecule has 104 valence electrons. The van der Waals surface area contributed by atoms with Crippen LogP contribution in [0.1, 0.15) is 25.7 Å². The molecule has 0 bridgehead atoms. The lowest BCUT2D eigenvalue weighted by Crippen LogP contribution is -2.65. The maximum atomic E-state index is 11.7. The van der Waals surface area contributed by atoms with E-state index in [1.165, 1.54) is 0 Å². The third kappa shape index (κ3) is 2.07. The number of ether oxygens (including phenoxy) is 1. The zero-order chi connectivity index (χ0) is 14.2. The van der Waals surface area contributed by atoms with Crippen LogP contribution < -0.4 is 0 Å². The maximum absolute atomic E-state index is 11.7. The third-order valence-corrected chi connectivity index (χ3v) is 3.50. The number of carbonyl (C=O) groups excluding carboxylic acids is 2. The van der Waals surface area contributed by atoms with Crippen molar-refractivity contribution in [2.24, 2.45) is 0 Å². The fraction of sp³-hybridized carbons (Fsp3) is 0.636. The second kappa shape index (κ2) is 4.61. The number of carboxylic acid groups (broad SMARTS) is 2. The minimum absolute atomic E-state index is 0.0232. The summed E-state index contributed by atoms with van der Waals surface area (Å²) in [6, 6.07) is -1.29. The van der Waals surface area contributed by atoms with Crippen LogP contribution in [0.5, 0.6) is 0 Å². The smallest absolute Gasteiger partial charge is 0.338 e. The van der Waals surface area contributed by atoms with Crippen LogP contribution in [0.2, 0.25) is 0 Å². The van der Waals surface area contributed by atoms with Gasteiger partial charge in [0.2, 0.25) is 11.8 Å². The molecule has 2 fully saturated rings. The lowest BCUT2D eigenvalue weighted by Gasteiger charge is -2.45. The number of imide groups is 1. The molecule has 2 aliphatic heterocycles. The van der Waals surface area contributed by atoms with Crippen molar-refractivity contribution >= 4 is 23.8 Å². The molecule has 2 unspecified atom stereocenters. The van der Waals surface area contributed by atoms with Gasteiger partial charge in [0.15, 0.2) is 5.60 Å². The lowest BCUT2D eigenvalue weighted by atomic mass is 9.83. The summed E-state index contributed by atoms with van der Waals surface area (Å²) in [6.45, 7) is 0.165. The molecule has 2 rings (SSSR count). The molecule has 8 nitrogen and oxygen atoms in total. The highest BCUT2D eigenvalue weighted by molar-refractivity contribution is 6.03. The first-order valence-electron chi connectivity index (χ1n) is 5.82. The van der Waals surface area contributed by atoms with E-state index >= 15 is 0 Å². The van der Waals surface area contributed by atoms with Crippen molar-refractivity contribution in [2.45, 2.75) is 37.3 Å². The number of carboxylic acids is 2. The van der Waals surface area contributed by atoms with Crippen LogP contribution >= 0.6 is 0 Å². The van der Waals surface area contributed by atoms with Gasteiger partial charge in [-0.1, -0.05) is 0 Å². The van der Waals surface area contributed by atoms with Crippen LogP contribution in [-0.2, 0) is 23.9 Å². The first-order valence-corrected chi connectivity index (χ1v) is 5.82. The molecule has 0 aliphatic carbocycles. The van der Waals surface area contributed by atoms with Crippen LogP contribution in [0.25, 0.3) is 0 Å². The number of amides is 2. The van der Waals surface area contributed by atoms with Crippen molar-refractivity contribution in [1.82, 2.24) is 4.90 Å². The highest BCUT2D eigenvalue weighted by Gasteiger charge is 2.58.